The second-order valence-corrected chi connectivity index (χ2v) is 10.6. The molecule has 0 saturated carbocycles. The second kappa shape index (κ2) is 9.51. The SMILES string of the molecule is O=C(NC(=S)Nc1nc(-c2cccs2)cs1)c1ccc(S(=O)(=O)N2CCOCC2)cc1. The lowest BCUT2D eigenvalue weighted by Gasteiger charge is -2.26. The Bertz CT molecular complexity index is 1170. The zero-order chi connectivity index (χ0) is 21.8. The largest absolute Gasteiger partial charge is 0.379 e. The number of hydrogen-bond donors (Lipinski definition) is 2. The lowest BCUT2D eigenvalue weighted by atomic mass is 10.2. The van der Waals surface area contributed by atoms with Crippen LogP contribution in [-0.4, -0.2) is 55.0 Å². The highest BCUT2D eigenvalue weighted by atomic mass is 32.2. The van der Waals surface area contributed by atoms with Crippen LogP contribution in [0.25, 0.3) is 10.6 Å². The number of morpholine rings is 1. The monoisotopic (exact) mass is 494 g/mol. The van der Waals surface area contributed by atoms with Gasteiger partial charge in [0, 0.05) is 24.0 Å². The smallest absolute Gasteiger partial charge is 0.257 e. The van der Waals surface area contributed by atoms with Gasteiger partial charge >= 0.3 is 0 Å². The number of thiophene rings is 1. The molecule has 1 aromatic carbocycles. The van der Waals surface area contributed by atoms with Gasteiger partial charge in [-0.2, -0.15) is 4.31 Å². The number of benzene rings is 1. The molecular formula is C19H18N4O4S4. The number of sulfonamides is 1. The Morgan fingerprint density at radius 3 is 2.55 bits per heavy atom. The quantitative estimate of drug-likeness (QED) is 0.526. The summed E-state index contributed by atoms with van der Waals surface area (Å²) in [6, 6.07) is 9.70. The van der Waals surface area contributed by atoms with Crippen LogP contribution in [0.5, 0.6) is 0 Å². The maximum absolute atomic E-state index is 12.7. The fourth-order valence-electron chi connectivity index (χ4n) is 2.89. The first kappa shape index (κ1) is 22.0. The zero-order valence-corrected chi connectivity index (χ0v) is 19.4. The molecule has 2 aromatic heterocycles. The van der Waals surface area contributed by atoms with Gasteiger partial charge in [0.25, 0.3) is 5.91 Å². The van der Waals surface area contributed by atoms with E-state index in [4.69, 9.17) is 17.0 Å². The molecular weight excluding hydrogens is 477 g/mol. The molecule has 31 heavy (non-hydrogen) atoms. The topological polar surface area (TPSA) is 101 Å². The van der Waals surface area contributed by atoms with Gasteiger partial charge < -0.3 is 10.1 Å². The second-order valence-electron chi connectivity index (χ2n) is 6.46. The average molecular weight is 495 g/mol. The molecule has 0 atom stereocenters. The van der Waals surface area contributed by atoms with E-state index in [9.17, 15) is 13.2 Å². The van der Waals surface area contributed by atoms with Crippen molar-refractivity contribution in [3.63, 3.8) is 0 Å². The molecule has 4 rings (SSSR count). The Hall–Kier alpha value is -2.22. The highest BCUT2D eigenvalue weighted by Crippen LogP contribution is 2.28. The summed E-state index contributed by atoms with van der Waals surface area (Å²) >= 11 is 8.18. The van der Waals surface area contributed by atoms with Gasteiger partial charge in [0.15, 0.2) is 10.2 Å². The highest BCUT2D eigenvalue weighted by molar-refractivity contribution is 7.89. The molecule has 0 unspecified atom stereocenters. The van der Waals surface area contributed by atoms with Gasteiger partial charge in [0.2, 0.25) is 10.0 Å². The molecule has 162 valence electrons. The number of ether oxygens (including phenoxy) is 1. The number of anilines is 1. The summed E-state index contributed by atoms with van der Waals surface area (Å²) in [5, 5.41) is 10.1. The number of thiazole rings is 1. The van der Waals surface area contributed by atoms with E-state index in [2.05, 4.69) is 15.6 Å². The van der Waals surface area contributed by atoms with Gasteiger partial charge in [-0.25, -0.2) is 13.4 Å². The molecule has 1 amide bonds. The molecule has 3 heterocycles. The maximum atomic E-state index is 12.7. The number of carbonyl (C=O) groups is 1. The Morgan fingerprint density at radius 2 is 1.87 bits per heavy atom. The Labute approximate surface area is 192 Å². The summed E-state index contributed by atoms with van der Waals surface area (Å²) < 4.78 is 31.9. The summed E-state index contributed by atoms with van der Waals surface area (Å²) in [5.74, 6) is -0.442. The molecule has 12 heteroatoms. The maximum Gasteiger partial charge on any atom is 0.257 e. The first-order valence-corrected chi connectivity index (χ1v) is 12.8. The summed E-state index contributed by atoms with van der Waals surface area (Å²) in [6.45, 7) is 1.38. The van der Waals surface area contributed by atoms with E-state index in [0.717, 1.165) is 10.6 Å². The summed E-state index contributed by atoms with van der Waals surface area (Å²) in [6.07, 6.45) is 0. The standard InChI is InChI=1S/C19H18N4O4S4/c24-17(21-18(28)22-19-20-15(12-30-19)16-2-1-11-29-16)13-3-5-14(6-4-13)31(25,26)23-7-9-27-10-8-23/h1-6,11-12H,7-10H2,(H2,20,21,22,24,28). The van der Waals surface area contributed by atoms with Gasteiger partial charge in [0.05, 0.1) is 28.7 Å². The molecule has 2 N–H and O–H groups in total. The molecule has 1 aliphatic heterocycles. The molecule has 1 fully saturated rings. The highest BCUT2D eigenvalue weighted by Gasteiger charge is 2.26. The van der Waals surface area contributed by atoms with Gasteiger partial charge in [-0.1, -0.05) is 6.07 Å². The van der Waals surface area contributed by atoms with Crippen molar-refractivity contribution < 1.29 is 17.9 Å². The van der Waals surface area contributed by atoms with Crippen LogP contribution in [0, 0.1) is 0 Å². The molecule has 3 aromatic rings. The summed E-state index contributed by atoms with van der Waals surface area (Å²) in [4.78, 5) is 18.1. The Balaban J connectivity index is 1.36. The zero-order valence-electron chi connectivity index (χ0n) is 16.1. The third kappa shape index (κ3) is 5.17. The number of amides is 1. The number of thiocarbonyl (C=S) groups is 1. The van der Waals surface area contributed by atoms with Crippen molar-refractivity contribution in [2.24, 2.45) is 0 Å². The van der Waals surface area contributed by atoms with Gasteiger partial charge in [0.1, 0.15) is 0 Å². The van der Waals surface area contributed by atoms with E-state index in [1.165, 1.54) is 39.9 Å². The Morgan fingerprint density at radius 1 is 1.13 bits per heavy atom. The van der Waals surface area contributed by atoms with Crippen LogP contribution in [0.4, 0.5) is 5.13 Å². The minimum atomic E-state index is -3.61. The minimum Gasteiger partial charge on any atom is -0.379 e. The van der Waals surface area contributed by atoms with Crippen molar-refractivity contribution in [1.29, 1.82) is 0 Å². The van der Waals surface area contributed by atoms with Gasteiger partial charge in [-0.15, -0.1) is 22.7 Å². The van der Waals surface area contributed by atoms with E-state index in [1.807, 2.05) is 22.9 Å². The van der Waals surface area contributed by atoms with Crippen molar-refractivity contribution in [3.8, 4) is 10.6 Å². The normalized spacial score (nSPS) is 14.8. The lowest BCUT2D eigenvalue weighted by Crippen LogP contribution is -2.40. The van der Waals surface area contributed by atoms with E-state index < -0.39 is 15.9 Å². The van der Waals surface area contributed by atoms with Crippen molar-refractivity contribution >= 4 is 61.1 Å². The fourth-order valence-corrected chi connectivity index (χ4v) is 6.02. The molecule has 0 radical (unpaired) electrons. The minimum absolute atomic E-state index is 0.113. The number of hydrogen-bond acceptors (Lipinski definition) is 8. The van der Waals surface area contributed by atoms with E-state index in [-0.39, 0.29) is 10.0 Å². The number of carbonyl (C=O) groups excluding carboxylic acids is 1. The third-order valence-electron chi connectivity index (χ3n) is 4.45. The van der Waals surface area contributed by atoms with Crippen LogP contribution in [0.15, 0.2) is 52.1 Å². The van der Waals surface area contributed by atoms with Crippen molar-refractivity contribution in [2.45, 2.75) is 4.90 Å². The number of rotatable bonds is 5. The van der Waals surface area contributed by atoms with Crippen molar-refractivity contribution in [1.82, 2.24) is 14.6 Å². The summed E-state index contributed by atoms with van der Waals surface area (Å²) in [7, 11) is -3.61. The fraction of sp³-hybridized carbons (Fsp3) is 0.211. The van der Waals surface area contributed by atoms with Crippen LogP contribution in [-0.2, 0) is 14.8 Å². The molecule has 1 saturated heterocycles. The first-order chi connectivity index (χ1) is 14.9. The van der Waals surface area contributed by atoms with Crippen LogP contribution in [0.2, 0.25) is 0 Å². The average Bonchev–Trinajstić information content (AvgIpc) is 3.46. The Kier molecular flexibility index (Phi) is 6.74. The van der Waals surface area contributed by atoms with Crippen LogP contribution in [0.1, 0.15) is 10.4 Å². The van der Waals surface area contributed by atoms with Crippen LogP contribution < -0.4 is 10.6 Å². The van der Waals surface area contributed by atoms with Crippen molar-refractivity contribution in [3.05, 3.63) is 52.7 Å². The molecule has 0 bridgehead atoms. The van der Waals surface area contributed by atoms with E-state index in [0.29, 0.717) is 37.0 Å². The molecule has 8 nitrogen and oxygen atoms in total. The van der Waals surface area contributed by atoms with Crippen LogP contribution >= 0.6 is 34.9 Å². The van der Waals surface area contributed by atoms with Gasteiger partial charge in [-0.3, -0.25) is 10.1 Å². The van der Waals surface area contributed by atoms with Crippen LogP contribution in [0.3, 0.4) is 0 Å². The van der Waals surface area contributed by atoms with E-state index in [1.54, 1.807) is 11.3 Å². The summed E-state index contributed by atoms with van der Waals surface area (Å²) in [5.41, 5.74) is 1.14. The number of nitrogens with zero attached hydrogens (tertiary/aromatic N) is 2. The predicted molar refractivity (Wildman–Crippen MR) is 125 cm³/mol. The molecule has 1 aliphatic rings. The lowest BCUT2D eigenvalue weighted by molar-refractivity contribution is 0.0730. The molecule has 0 spiro atoms. The first-order valence-electron chi connectivity index (χ1n) is 9.23. The van der Waals surface area contributed by atoms with E-state index >= 15 is 0 Å². The predicted octanol–water partition coefficient (Wildman–Crippen LogP) is 3.02. The molecule has 0 aliphatic carbocycles. The van der Waals surface area contributed by atoms with Gasteiger partial charge in [-0.05, 0) is 47.9 Å². The number of nitrogens with one attached hydrogen (secondary N) is 2. The third-order valence-corrected chi connectivity index (χ3v) is 8.22. The van der Waals surface area contributed by atoms with Crippen molar-refractivity contribution in [2.75, 3.05) is 31.6 Å². The number of aromatic nitrogens is 1.